The summed E-state index contributed by atoms with van der Waals surface area (Å²) >= 11 is 0. The molecule has 0 saturated carbocycles. The van der Waals surface area contributed by atoms with Crippen LogP contribution in [0, 0.1) is 0 Å². The first-order valence-corrected chi connectivity index (χ1v) is 14.2. The molecule has 0 bridgehead atoms. The molecule has 2 amide bonds. The van der Waals surface area contributed by atoms with E-state index >= 15 is 0 Å². The minimum atomic E-state index is -0.607. The number of fused-ring (bicyclic) bond motifs is 1. The molecule has 1 heterocycles. The lowest BCUT2D eigenvalue weighted by Gasteiger charge is -2.29. The van der Waals surface area contributed by atoms with Gasteiger partial charge in [-0.25, -0.2) is 0 Å². The van der Waals surface area contributed by atoms with Gasteiger partial charge in [-0.1, -0.05) is 103 Å². The maximum atomic E-state index is 13.5. The summed E-state index contributed by atoms with van der Waals surface area (Å²) in [5, 5.41) is 6.14. The first-order valence-electron chi connectivity index (χ1n) is 14.2. The number of benzene rings is 4. The summed E-state index contributed by atoms with van der Waals surface area (Å²) in [5.41, 5.74) is 6.39. The van der Waals surface area contributed by atoms with Gasteiger partial charge in [-0.2, -0.15) is 0 Å². The molecule has 0 saturated heterocycles. The van der Waals surface area contributed by atoms with E-state index in [4.69, 9.17) is 0 Å². The first kappa shape index (κ1) is 27.4. The number of nitrogens with zero attached hydrogens (tertiary/aromatic N) is 1. The summed E-state index contributed by atoms with van der Waals surface area (Å²) in [6.07, 6.45) is 3.19. The summed E-state index contributed by atoms with van der Waals surface area (Å²) in [7, 11) is 0. The Hall–Kier alpha value is -4.22. The highest BCUT2D eigenvalue weighted by Crippen LogP contribution is 2.24. The highest BCUT2D eigenvalue weighted by atomic mass is 16.2. The fraction of sp³-hybridized carbons (Fsp3) is 0.257. The van der Waals surface area contributed by atoms with Gasteiger partial charge in [-0.05, 0) is 66.1 Å². The standard InChI is InChI=1S/C35H37N3O2/c39-34(32-19-10-9-18-31(32)29-15-5-2-6-16-29)37-33(35(40)36-23-21-27-12-3-1-4-13-27)20-11-24-38-25-22-28-14-7-8-17-30(28)26-38/h1-10,12-19,33H,11,20-26H2,(H,36,40)(H,37,39)/t33-/m0/s1. The molecule has 0 aliphatic carbocycles. The molecule has 1 atom stereocenters. The van der Waals surface area contributed by atoms with Crippen molar-refractivity contribution in [1.82, 2.24) is 15.5 Å². The summed E-state index contributed by atoms with van der Waals surface area (Å²) in [6.45, 7) is 3.36. The van der Waals surface area contributed by atoms with E-state index < -0.39 is 6.04 Å². The Kier molecular flexibility index (Phi) is 9.38. The van der Waals surface area contributed by atoms with Crippen molar-refractivity contribution >= 4 is 11.8 Å². The van der Waals surface area contributed by atoms with Crippen LogP contribution in [0.5, 0.6) is 0 Å². The molecule has 4 aromatic carbocycles. The number of rotatable bonds is 11. The van der Waals surface area contributed by atoms with Crippen molar-refractivity contribution in [2.45, 2.75) is 38.3 Å². The summed E-state index contributed by atoms with van der Waals surface area (Å²) in [6, 6.07) is 35.6. The van der Waals surface area contributed by atoms with E-state index in [-0.39, 0.29) is 11.8 Å². The third-order valence-corrected chi connectivity index (χ3v) is 7.61. The molecule has 0 radical (unpaired) electrons. The third-order valence-electron chi connectivity index (χ3n) is 7.61. The van der Waals surface area contributed by atoms with E-state index in [1.54, 1.807) is 0 Å². The molecule has 5 rings (SSSR count). The summed E-state index contributed by atoms with van der Waals surface area (Å²) in [5.74, 6) is -0.361. The highest BCUT2D eigenvalue weighted by molar-refractivity contribution is 6.02. The minimum absolute atomic E-state index is 0.134. The highest BCUT2D eigenvalue weighted by Gasteiger charge is 2.23. The van der Waals surface area contributed by atoms with Gasteiger partial charge in [-0.15, -0.1) is 0 Å². The molecule has 5 nitrogen and oxygen atoms in total. The number of carbonyl (C=O) groups is 2. The van der Waals surface area contributed by atoms with E-state index in [9.17, 15) is 9.59 Å². The van der Waals surface area contributed by atoms with Crippen LogP contribution in [0.3, 0.4) is 0 Å². The molecule has 40 heavy (non-hydrogen) atoms. The zero-order valence-electron chi connectivity index (χ0n) is 22.9. The van der Waals surface area contributed by atoms with E-state index in [0.717, 1.165) is 50.0 Å². The molecule has 0 aromatic heterocycles. The lowest BCUT2D eigenvalue weighted by Crippen LogP contribution is -2.47. The van der Waals surface area contributed by atoms with E-state index in [2.05, 4.69) is 51.9 Å². The van der Waals surface area contributed by atoms with Gasteiger partial charge < -0.3 is 10.6 Å². The van der Waals surface area contributed by atoms with Crippen molar-refractivity contribution in [2.75, 3.05) is 19.6 Å². The van der Waals surface area contributed by atoms with Crippen LogP contribution < -0.4 is 10.6 Å². The normalized spacial score (nSPS) is 13.7. The zero-order valence-corrected chi connectivity index (χ0v) is 22.9. The van der Waals surface area contributed by atoms with Crippen LogP contribution in [0.2, 0.25) is 0 Å². The molecular formula is C35H37N3O2. The predicted octanol–water partition coefficient (Wildman–Crippen LogP) is 5.65. The minimum Gasteiger partial charge on any atom is -0.354 e. The number of nitrogens with one attached hydrogen (secondary N) is 2. The Balaban J connectivity index is 1.24. The van der Waals surface area contributed by atoms with Crippen LogP contribution in [0.1, 0.15) is 39.9 Å². The maximum absolute atomic E-state index is 13.5. The number of amides is 2. The summed E-state index contributed by atoms with van der Waals surface area (Å²) < 4.78 is 0. The molecule has 0 unspecified atom stereocenters. The first-order chi connectivity index (χ1) is 19.7. The van der Waals surface area contributed by atoms with Gasteiger partial charge in [0, 0.05) is 25.2 Å². The second-order valence-electron chi connectivity index (χ2n) is 10.4. The SMILES string of the molecule is O=C(N[C@@H](CCCN1CCc2ccccc2C1)C(=O)NCCc1ccccc1)c1ccccc1-c1ccccc1. The Morgan fingerprint density at radius 2 is 1.45 bits per heavy atom. The number of hydrogen-bond acceptors (Lipinski definition) is 3. The lowest BCUT2D eigenvalue weighted by molar-refractivity contribution is -0.123. The average molecular weight is 532 g/mol. The predicted molar refractivity (Wildman–Crippen MR) is 161 cm³/mol. The molecule has 4 aromatic rings. The Morgan fingerprint density at radius 1 is 0.775 bits per heavy atom. The Morgan fingerprint density at radius 3 is 2.25 bits per heavy atom. The van der Waals surface area contributed by atoms with Gasteiger partial charge >= 0.3 is 0 Å². The molecule has 204 valence electrons. The number of hydrogen-bond donors (Lipinski definition) is 2. The zero-order chi connectivity index (χ0) is 27.6. The smallest absolute Gasteiger partial charge is 0.252 e. The topological polar surface area (TPSA) is 61.4 Å². The fourth-order valence-corrected chi connectivity index (χ4v) is 5.42. The van der Waals surface area contributed by atoms with Gasteiger partial charge in [-0.3, -0.25) is 14.5 Å². The molecular weight excluding hydrogens is 494 g/mol. The van der Waals surface area contributed by atoms with Crippen molar-refractivity contribution < 1.29 is 9.59 Å². The third kappa shape index (κ3) is 7.25. The van der Waals surface area contributed by atoms with E-state index in [0.29, 0.717) is 18.5 Å². The van der Waals surface area contributed by atoms with Gasteiger partial charge in [0.1, 0.15) is 6.04 Å². The van der Waals surface area contributed by atoms with Crippen molar-refractivity contribution in [1.29, 1.82) is 0 Å². The fourth-order valence-electron chi connectivity index (χ4n) is 5.42. The molecule has 1 aliphatic heterocycles. The lowest BCUT2D eigenvalue weighted by atomic mass is 9.98. The van der Waals surface area contributed by atoms with Gasteiger partial charge in [0.05, 0.1) is 0 Å². The molecule has 2 N–H and O–H groups in total. The molecule has 0 fully saturated rings. The van der Waals surface area contributed by atoms with Gasteiger partial charge in [0.15, 0.2) is 0 Å². The monoisotopic (exact) mass is 531 g/mol. The van der Waals surface area contributed by atoms with Crippen molar-refractivity contribution in [3.05, 3.63) is 131 Å². The quantitative estimate of drug-likeness (QED) is 0.263. The second kappa shape index (κ2) is 13.7. The van der Waals surface area contributed by atoms with Crippen LogP contribution in [0.25, 0.3) is 11.1 Å². The Bertz CT molecular complexity index is 1400. The Labute approximate surface area is 237 Å². The van der Waals surface area contributed by atoms with Crippen LogP contribution >= 0.6 is 0 Å². The van der Waals surface area contributed by atoms with Crippen molar-refractivity contribution in [2.24, 2.45) is 0 Å². The van der Waals surface area contributed by atoms with Gasteiger partial charge in [0.2, 0.25) is 5.91 Å². The average Bonchev–Trinajstić information content (AvgIpc) is 3.01. The van der Waals surface area contributed by atoms with Crippen LogP contribution in [-0.4, -0.2) is 42.4 Å². The van der Waals surface area contributed by atoms with E-state index in [1.165, 1.54) is 16.7 Å². The van der Waals surface area contributed by atoms with Gasteiger partial charge in [0.25, 0.3) is 5.91 Å². The van der Waals surface area contributed by atoms with E-state index in [1.807, 2.05) is 72.8 Å². The summed E-state index contributed by atoms with van der Waals surface area (Å²) in [4.78, 5) is 29.4. The molecule has 5 heteroatoms. The maximum Gasteiger partial charge on any atom is 0.252 e. The number of carbonyl (C=O) groups excluding carboxylic acids is 2. The largest absolute Gasteiger partial charge is 0.354 e. The van der Waals surface area contributed by atoms with Crippen LogP contribution in [0.4, 0.5) is 0 Å². The van der Waals surface area contributed by atoms with Crippen molar-refractivity contribution in [3.63, 3.8) is 0 Å². The van der Waals surface area contributed by atoms with Crippen LogP contribution in [-0.2, 0) is 24.2 Å². The molecule has 0 spiro atoms. The molecule has 1 aliphatic rings. The second-order valence-corrected chi connectivity index (χ2v) is 10.4. The van der Waals surface area contributed by atoms with Crippen molar-refractivity contribution in [3.8, 4) is 11.1 Å². The van der Waals surface area contributed by atoms with Crippen LogP contribution in [0.15, 0.2) is 109 Å².